The van der Waals surface area contributed by atoms with Gasteiger partial charge in [0, 0.05) is 6.61 Å². The summed E-state index contributed by atoms with van der Waals surface area (Å²) < 4.78 is 5.50. The van der Waals surface area contributed by atoms with E-state index in [0.29, 0.717) is 23.1 Å². The molecule has 4 heteroatoms. The molecule has 0 atom stereocenters. The van der Waals surface area contributed by atoms with Gasteiger partial charge in [0.25, 0.3) is 0 Å². The van der Waals surface area contributed by atoms with Crippen LogP contribution in [-0.4, -0.2) is 11.6 Å². The predicted octanol–water partition coefficient (Wildman–Crippen LogP) is 3.27. The van der Waals surface area contributed by atoms with Gasteiger partial charge in [-0.1, -0.05) is 25.4 Å². The second-order valence-corrected chi connectivity index (χ2v) is 4.66. The van der Waals surface area contributed by atoms with Crippen molar-refractivity contribution in [3.05, 3.63) is 22.8 Å². The molecule has 0 saturated carbocycles. The van der Waals surface area contributed by atoms with E-state index >= 15 is 0 Å². The number of rotatable bonds is 6. The lowest BCUT2D eigenvalue weighted by atomic mass is 10.1. The average molecular weight is 243 g/mol. The summed E-state index contributed by atoms with van der Waals surface area (Å²) in [5, 5.41) is 0.609. The van der Waals surface area contributed by atoms with Crippen molar-refractivity contribution in [3.63, 3.8) is 0 Å². The first kappa shape index (κ1) is 13.3. The van der Waals surface area contributed by atoms with Crippen LogP contribution >= 0.6 is 11.6 Å². The van der Waals surface area contributed by atoms with Gasteiger partial charge in [0.1, 0.15) is 5.82 Å². The normalized spacial score (nSPS) is 11.0. The van der Waals surface area contributed by atoms with E-state index in [1.807, 2.05) is 0 Å². The largest absolute Gasteiger partial charge is 0.384 e. The molecule has 1 aromatic rings. The van der Waals surface area contributed by atoms with Crippen LogP contribution in [0.15, 0.2) is 12.1 Å². The Kier molecular flexibility index (Phi) is 5.56. The molecular formula is C12H19ClN2O. The lowest BCUT2D eigenvalue weighted by Gasteiger charge is -2.07. The molecule has 0 radical (unpaired) electrons. The van der Waals surface area contributed by atoms with Gasteiger partial charge in [-0.05, 0) is 30.9 Å². The second kappa shape index (κ2) is 6.71. The Morgan fingerprint density at radius 2 is 2.19 bits per heavy atom. The number of aromatic nitrogens is 1. The minimum Gasteiger partial charge on any atom is -0.384 e. The number of nitrogens with zero attached hydrogens (tertiary/aromatic N) is 1. The molecule has 0 fully saturated rings. The molecule has 0 amide bonds. The lowest BCUT2D eigenvalue weighted by molar-refractivity contribution is 0.112. The second-order valence-electron chi connectivity index (χ2n) is 4.25. The van der Waals surface area contributed by atoms with E-state index in [0.717, 1.165) is 18.9 Å². The molecule has 0 unspecified atom stereocenters. The van der Waals surface area contributed by atoms with Gasteiger partial charge in [-0.2, -0.15) is 0 Å². The zero-order valence-corrected chi connectivity index (χ0v) is 10.6. The van der Waals surface area contributed by atoms with Crippen LogP contribution in [0.4, 0.5) is 5.82 Å². The predicted molar refractivity (Wildman–Crippen MR) is 67.4 cm³/mol. The highest BCUT2D eigenvalue weighted by molar-refractivity contribution is 6.31. The number of nitrogen functional groups attached to an aromatic ring is 1. The third kappa shape index (κ3) is 4.81. The van der Waals surface area contributed by atoms with Gasteiger partial charge >= 0.3 is 0 Å². The molecule has 0 aliphatic heterocycles. The fourth-order valence-corrected chi connectivity index (χ4v) is 1.52. The third-order valence-corrected chi connectivity index (χ3v) is 2.59. The Morgan fingerprint density at radius 1 is 1.44 bits per heavy atom. The lowest BCUT2D eigenvalue weighted by Crippen LogP contribution is -2.02. The molecule has 0 spiro atoms. The quantitative estimate of drug-likeness (QED) is 0.779. The first-order chi connectivity index (χ1) is 7.59. The Bertz CT molecular complexity index is 329. The summed E-state index contributed by atoms with van der Waals surface area (Å²) in [6.45, 7) is 5.58. The summed E-state index contributed by atoms with van der Waals surface area (Å²) in [6, 6.07) is 3.43. The third-order valence-electron chi connectivity index (χ3n) is 2.25. The zero-order chi connectivity index (χ0) is 12.0. The molecule has 0 bridgehead atoms. The van der Waals surface area contributed by atoms with Crippen molar-refractivity contribution >= 4 is 17.4 Å². The van der Waals surface area contributed by atoms with Crippen LogP contribution in [0.3, 0.4) is 0 Å². The number of anilines is 1. The first-order valence-electron chi connectivity index (χ1n) is 5.58. The summed E-state index contributed by atoms with van der Waals surface area (Å²) in [5.74, 6) is 1.20. The molecule has 1 aromatic heterocycles. The van der Waals surface area contributed by atoms with Crippen molar-refractivity contribution in [2.75, 3.05) is 12.3 Å². The highest BCUT2D eigenvalue weighted by Gasteiger charge is 2.03. The Hall–Kier alpha value is -0.800. The van der Waals surface area contributed by atoms with E-state index in [1.165, 1.54) is 6.42 Å². The maximum Gasteiger partial charge on any atom is 0.123 e. The van der Waals surface area contributed by atoms with Gasteiger partial charge in [-0.3, -0.25) is 0 Å². The monoisotopic (exact) mass is 242 g/mol. The Labute approximate surface area is 102 Å². The topological polar surface area (TPSA) is 48.1 Å². The van der Waals surface area contributed by atoms with Crippen LogP contribution in [0.25, 0.3) is 0 Å². The minimum atomic E-state index is 0.433. The van der Waals surface area contributed by atoms with Crippen molar-refractivity contribution < 1.29 is 4.74 Å². The van der Waals surface area contributed by atoms with Crippen molar-refractivity contribution in [3.8, 4) is 0 Å². The summed E-state index contributed by atoms with van der Waals surface area (Å²) in [4.78, 5) is 4.13. The maximum absolute atomic E-state index is 5.96. The molecule has 1 rings (SSSR count). The van der Waals surface area contributed by atoms with Crippen molar-refractivity contribution in [1.29, 1.82) is 0 Å². The van der Waals surface area contributed by atoms with Gasteiger partial charge in [0.2, 0.25) is 0 Å². The standard InChI is InChI=1S/C12H19ClN2O/c1-9(2)4-3-7-16-8-11-10(13)5-6-12(14)15-11/h5-6,9H,3-4,7-8H2,1-2H3,(H2,14,15). The van der Waals surface area contributed by atoms with E-state index in [9.17, 15) is 0 Å². The summed E-state index contributed by atoms with van der Waals surface area (Å²) in [5.41, 5.74) is 6.29. The fraction of sp³-hybridized carbons (Fsp3) is 0.583. The van der Waals surface area contributed by atoms with Crippen LogP contribution in [-0.2, 0) is 11.3 Å². The molecule has 0 saturated heterocycles. The van der Waals surface area contributed by atoms with E-state index in [2.05, 4.69) is 18.8 Å². The molecular weight excluding hydrogens is 224 g/mol. The highest BCUT2D eigenvalue weighted by Crippen LogP contribution is 2.16. The van der Waals surface area contributed by atoms with Gasteiger partial charge < -0.3 is 10.5 Å². The fourth-order valence-electron chi connectivity index (χ4n) is 1.36. The molecule has 0 aliphatic carbocycles. The van der Waals surface area contributed by atoms with E-state index in [4.69, 9.17) is 22.1 Å². The summed E-state index contributed by atoms with van der Waals surface area (Å²) in [7, 11) is 0. The smallest absolute Gasteiger partial charge is 0.123 e. The van der Waals surface area contributed by atoms with Crippen molar-refractivity contribution in [2.45, 2.75) is 33.3 Å². The van der Waals surface area contributed by atoms with Gasteiger partial charge in [-0.15, -0.1) is 0 Å². The first-order valence-corrected chi connectivity index (χ1v) is 5.96. The van der Waals surface area contributed by atoms with Crippen LogP contribution < -0.4 is 5.73 Å². The maximum atomic E-state index is 5.96. The van der Waals surface area contributed by atoms with Gasteiger partial charge in [-0.25, -0.2) is 4.98 Å². The molecule has 0 aliphatic rings. The number of pyridine rings is 1. The summed E-state index contributed by atoms with van der Waals surface area (Å²) >= 11 is 5.96. The average Bonchev–Trinajstić information content (AvgIpc) is 2.22. The molecule has 2 N–H and O–H groups in total. The Morgan fingerprint density at radius 3 is 2.88 bits per heavy atom. The molecule has 0 aromatic carbocycles. The van der Waals surface area contributed by atoms with Gasteiger partial charge in [0.05, 0.1) is 17.3 Å². The highest BCUT2D eigenvalue weighted by atomic mass is 35.5. The number of hydrogen-bond acceptors (Lipinski definition) is 3. The molecule has 16 heavy (non-hydrogen) atoms. The molecule has 1 heterocycles. The Balaban J connectivity index is 2.29. The minimum absolute atomic E-state index is 0.433. The number of nitrogens with two attached hydrogens (primary N) is 1. The van der Waals surface area contributed by atoms with Crippen LogP contribution in [0.5, 0.6) is 0 Å². The van der Waals surface area contributed by atoms with Gasteiger partial charge in [0.15, 0.2) is 0 Å². The van der Waals surface area contributed by atoms with Crippen LogP contribution in [0.2, 0.25) is 5.02 Å². The number of hydrogen-bond donors (Lipinski definition) is 1. The van der Waals surface area contributed by atoms with Crippen LogP contribution in [0.1, 0.15) is 32.4 Å². The van der Waals surface area contributed by atoms with E-state index < -0.39 is 0 Å². The van der Waals surface area contributed by atoms with E-state index in [1.54, 1.807) is 12.1 Å². The SMILES string of the molecule is CC(C)CCCOCc1nc(N)ccc1Cl. The number of halogens is 1. The number of ether oxygens (including phenoxy) is 1. The summed E-state index contributed by atoms with van der Waals surface area (Å²) in [6.07, 6.45) is 2.25. The molecule has 3 nitrogen and oxygen atoms in total. The van der Waals surface area contributed by atoms with Crippen molar-refractivity contribution in [1.82, 2.24) is 4.98 Å². The molecule has 90 valence electrons. The van der Waals surface area contributed by atoms with Crippen molar-refractivity contribution in [2.24, 2.45) is 5.92 Å². The van der Waals surface area contributed by atoms with E-state index in [-0.39, 0.29) is 0 Å². The zero-order valence-electron chi connectivity index (χ0n) is 9.87. The van der Waals surface area contributed by atoms with Crippen LogP contribution in [0, 0.1) is 5.92 Å².